The molecule has 0 radical (unpaired) electrons. The summed E-state index contributed by atoms with van der Waals surface area (Å²) in [5.74, 6) is 3.06. The van der Waals surface area contributed by atoms with Gasteiger partial charge in [-0.25, -0.2) is 0 Å². The van der Waals surface area contributed by atoms with E-state index in [1.54, 1.807) is 21.3 Å². The molecule has 0 spiro atoms. The zero-order chi connectivity index (χ0) is 33.3. The molecular weight excluding hydrogens is 602 g/mol. The van der Waals surface area contributed by atoms with Gasteiger partial charge in [0.1, 0.15) is 13.2 Å². The molecule has 5 aromatic rings. The molecule has 0 saturated heterocycles. The van der Waals surface area contributed by atoms with Gasteiger partial charge >= 0.3 is 0 Å². The van der Waals surface area contributed by atoms with Crippen LogP contribution in [0.15, 0.2) is 115 Å². The number of benzene rings is 5. The van der Waals surface area contributed by atoms with Crippen molar-refractivity contribution in [3.63, 3.8) is 0 Å². The first kappa shape index (κ1) is 32.5. The molecule has 1 aliphatic rings. The lowest BCUT2D eigenvalue weighted by molar-refractivity contribution is -0.133. The van der Waals surface area contributed by atoms with E-state index in [0.717, 1.165) is 33.4 Å². The Morgan fingerprint density at radius 3 is 1.67 bits per heavy atom. The van der Waals surface area contributed by atoms with Gasteiger partial charge in [0.2, 0.25) is 11.7 Å². The second-order valence-corrected chi connectivity index (χ2v) is 11.8. The average Bonchev–Trinajstić information content (AvgIpc) is 3.13. The summed E-state index contributed by atoms with van der Waals surface area (Å²) >= 11 is 0. The second-order valence-electron chi connectivity index (χ2n) is 11.8. The number of rotatable bonds is 13. The molecule has 1 unspecified atom stereocenters. The molecule has 0 bridgehead atoms. The van der Waals surface area contributed by atoms with Crippen LogP contribution >= 0.6 is 0 Å². The fourth-order valence-electron chi connectivity index (χ4n) is 6.27. The van der Waals surface area contributed by atoms with Crippen molar-refractivity contribution in [1.29, 1.82) is 0 Å². The van der Waals surface area contributed by atoms with Gasteiger partial charge in [0.25, 0.3) is 0 Å². The Morgan fingerprint density at radius 1 is 0.625 bits per heavy atom. The van der Waals surface area contributed by atoms with Crippen LogP contribution in [0.25, 0.3) is 0 Å². The van der Waals surface area contributed by atoms with E-state index in [1.807, 2.05) is 108 Å². The van der Waals surface area contributed by atoms with E-state index in [0.29, 0.717) is 67.8 Å². The average molecular weight is 644 g/mol. The molecule has 0 fully saturated rings. The molecule has 1 atom stereocenters. The van der Waals surface area contributed by atoms with Crippen LogP contribution in [0.1, 0.15) is 39.4 Å². The van der Waals surface area contributed by atoms with E-state index in [4.69, 9.17) is 23.7 Å². The Hall–Kier alpha value is -5.43. The number of hydrogen-bond donors (Lipinski definition) is 0. The largest absolute Gasteiger partial charge is 0.493 e. The highest BCUT2D eigenvalue weighted by Gasteiger charge is 2.33. The highest BCUT2D eigenvalue weighted by atomic mass is 16.5. The van der Waals surface area contributed by atoms with Gasteiger partial charge in [-0.1, -0.05) is 91.0 Å². The second kappa shape index (κ2) is 15.4. The molecular formula is C41H41NO6. The Kier molecular flexibility index (Phi) is 10.5. The van der Waals surface area contributed by atoms with Crippen LogP contribution in [-0.4, -0.2) is 38.7 Å². The van der Waals surface area contributed by atoms with Crippen molar-refractivity contribution in [3.05, 3.63) is 149 Å². The number of hydrogen-bond acceptors (Lipinski definition) is 6. The maximum atomic E-state index is 14.0. The van der Waals surface area contributed by atoms with Crippen LogP contribution < -0.4 is 23.7 Å². The van der Waals surface area contributed by atoms with Gasteiger partial charge in [-0.15, -0.1) is 0 Å². The fourth-order valence-corrected chi connectivity index (χ4v) is 6.27. The molecule has 1 heterocycles. The Labute approximate surface area is 282 Å². The van der Waals surface area contributed by atoms with Crippen LogP contribution in [0.3, 0.4) is 0 Å². The zero-order valence-electron chi connectivity index (χ0n) is 27.7. The van der Waals surface area contributed by atoms with E-state index in [9.17, 15) is 4.79 Å². The Morgan fingerprint density at radius 2 is 1.15 bits per heavy atom. The third-order valence-electron chi connectivity index (χ3n) is 8.71. The number of amides is 1. The van der Waals surface area contributed by atoms with Crippen molar-refractivity contribution in [1.82, 2.24) is 4.90 Å². The molecule has 0 saturated carbocycles. The summed E-state index contributed by atoms with van der Waals surface area (Å²) in [7, 11) is 4.82. The maximum absolute atomic E-state index is 14.0. The first-order valence-electron chi connectivity index (χ1n) is 16.2. The lowest BCUT2D eigenvalue weighted by Crippen LogP contribution is -2.41. The first-order chi connectivity index (χ1) is 23.6. The predicted molar refractivity (Wildman–Crippen MR) is 186 cm³/mol. The highest BCUT2D eigenvalue weighted by molar-refractivity contribution is 5.80. The topological polar surface area (TPSA) is 66.5 Å². The standard InChI is InChI=1S/C41H41NO6/c1-44-38-22-32(23-39(45-2)41(38)46-3)21-35-34-26-37(48-28-31-17-11-6-12-18-31)36(47-27-30-15-9-5-10-16-30)25-33(34)19-20-42(35)40(43)24-29-13-7-4-8-14-29/h4-18,22-23,25-26,35H,19-21,24,27-28H2,1-3H3. The van der Waals surface area contributed by atoms with Gasteiger partial charge in [0, 0.05) is 6.54 Å². The van der Waals surface area contributed by atoms with Crippen LogP contribution in [-0.2, 0) is 37.3 Å². The van der Waals surface area contributed by atoms with Gasteiger partial charge in [-0.2, -0.15) is 0 Å². The van der Waals surface area contributed by atoms with E-state index in [-0.39, 0.29) is 11.9 Å². The van der Waals surface area contributed by atoms with Crippen LogP contribution in [0, 0.1) is 0 Å². The summed E-state index contributed by atoms with van der Waals surface area (Å²) in [5.41, 5.74) is 6.23. The van der Waals surface area contributed by atoms with E-state index < -0.39 is 0 Å². The summed E-state index contributed by atoms with van der Waals surface area (Å²) in [6.45, 7) is 1.38. The molecule has 246 valence electrons. The summed E-state index contributed by atoms with van der Waals surface area (Å²) < 4.78 is 29.9. The van der Waals surface area contributed by atoms with Crippen molar-refractivity contribution < 1.29 is 28.5 Å². The normalized spacial score (nSPS) is 13.7. The van der Waals surface area contributed by atoms with Gasteiger partial charge < -0.3 is 28.6 Å². The van der Waals surface area contributed by atoms with Crippen molar-refractivity contribution in [2.45, 2.75) is 38.5 Å². The van der Waals surface area contributed by atoms with Crippen molar-refractivity contribution in [2.75, 3.05) is 27.9 Å². The summed E-state index contributed by atoms with van der Waals surface area (Å²) in [5, 5.41) is 0. The molecule has 1 amide bonds. The van der Waals surface area contributed by atoms with Crippen LogP contribution in [0.4, 0.5) is 0 Å². The molecule has 48 heavy (non-hydrogen) atoms. The molecule has 0 N–H and O–H groups in total. The molecule has 0 aromatic heterocycles. The fraction of sp³-hybridized carbons (Fsp3) is 0.244. The summed E-state index contributed by atoms with van der Waals surface area (Å²) in [6, 6.07) is 37.9. The van der Waals surface area contributed by atoms with Crippen molar-refractivity contribution in [3.8, 4) is 28.7 Å². The van der Waals surface area contributed by atoms with Gasteiger partial charge in [0.05, 0.1) is 33.8 Å². The van der Waals surface area contributed by atoms with Gasteiger partial charge in [0.15, 0.2) is 23.0 Å². The van der Waals surface area contributed by atoms with Crippen molar-refractivity contribution in [2.24, 2.45) is 0 Å². The third kappa shape index (κ3) is 7.58. The maximum Gasteiger partial charge on any atom is 0.227 e. The van der Waals surface area contributed by atoms with E-state index in [2.05, 4.69) is 12.1 Å². The number of methoxy groups -OCH3 is 3. The third-order valence-corrected chi connectivity index (χ3v) is 8.71. The number of carbonyl (C=O) groups excluding carboxylic acids is 1. The molecule has 5 aromatic carbocycles. The number of nitrogens with zero attached hydrogens (tertiary/aromatic N) is 1. The SMILES string of the molecule is COc1cc(CC2c3cc(OCc4ccccc4)c(OCc4ccccc4)cc3CCN2C(=O)Cc2ccccc2)cc(OC)c1OC. The highest BCUT2D eigenvalue weighted by Crippen LogP contribution is 2.43. The monoisotopic (exact) mass is 643 g/mol. The predicted octanol–water partition coefficient (Wildman–Crippen LogP) is 7.78. The lowest BCUT2D eigenvalue weighted by Gasteiger charge is -2.38. The number of fused-ring (bicyclic) bond motifs is 1. The smallest absolute Gasteiger partial charge is 0.227 e. The Balaban J connectivity index is 1.40. The molecule has 0 aliphatic carbocycles. The number of ether oxygens (including phenoxy) is 5. The molecule has 7 nitrogen and oxygen atoms in total. The first-order valence-corrected chi connectivity index (χ1v) is 16.2. The summed E-state index contributed by atoms with van der Waals surface area (Å²) in [4.78, 5) is 16.1. The molecule has 7 heteroatoms. The Bertz CT molecular complexity index is 1790. The minimum Gasteiger partial charge on any atom is -0.493 e. The molecule has 6 rings (SSSR count). The van der Waals surface area contributed by atoms with Crippen LogP contribution in [0.5, 0.6) is 28.7 Å². The zero-order valence-corrected chi connectivity index (χ0v) is 27.7. The minimum atomic E-state index is -0.269. The summed E-state index contributed by atoms with van der Waals surface area (Å²) in [6.07, 6.45) is 1.55. The lowest BCUT2D eigenvalue weighted by atomic mass is 9.87. The van der Waals surface area contributed by atoms with Gasteiger partial charge in [-0.3, -0.25) is 4.79 Å². The number of carbonyl (C=O) groups is 1. The quantitative estimate of drug-likeness (QED) is 0.131. The minimum absolute atomic E-state index is 0.0699. The van der Waals surface area contributed by atoms with E-state index >= 15 is 0 Å². The van der Waals surface area contributed by atoms with E-state index in [1.165, 1.54) is 0 Å². The van der Waals surface area contributed by atoms with Crippen LogP contribution in [0.2, 0.25) is 0 Å². The van der Waals surface area contributed by atoms with Gasteiger partial charge in [-0.05, 0) is 70.5 Å². The van der Waals surface area contributed by atoms with Crippen molar-refractivity contribution >= 4 is 5.91 Å². The molecule has 1 aliphatic heterocycles.